The van der Waals surface area contributed by atoms with Gasteiger partial charge in [0.05, 0.1) is 6.61 Å². The summed E-state index contributed by atoms with van der Waals surface area (Å²) in [6.07, 6.45) is 4.95. The summed E-state index contributed by atoms with van der Waals surface area (Å²) in [6.45, 7) is 3.60. The second-order valence-corrected chi connectivity index (χ2v) is 4.17. The molecule has 0 aliphatic heterocycles. The van der Waals surface area contributed by atoms with Gasteiger partial charge in [-0.2, -0.15) is 0 Å². The fourth-order valence-electron chi connectivity index (χ4n) is 1.29. The van der Waals surface area contributed by atoms with Gasteiger partial charge >= 0.3 is 0 Å². The van der Waals surface area contributed by atoms with E-state index >= 15 is 0 Å². The first-order valence-electron chi connectivity index (χ1n) is 5.45. The van der Waals surface area contributed by atoms with Gasteiger partial charge in [0.1, 0.15) is 10.7 Å². The zero-order valence-corrected chi connectivity index (χ0v) is 10.3. The van der Waals surface area contributed by atoms with Crippen LogP contribution >= 0.6 is 11.5 Å². The Balaban J connectivity index is 2.09. The maximum atomic E-state index is 5.53. The molecule has 0 bridgehead atoms. The van der Waals surface area contributed by atoms with E-state index in [1.54, 1.807) is 0 Å². The fraction of sp³-hybridized carbons (Fsp3) is 0.800. The van der Waals surface area contributed by atoms with Gasteiger partial charge in [0.25, 0.3) is 0 Å². The third-order valence-corrected chi connectivity index (χ3v) is 2.95. The van der Waals surface area contributed by atoms with Crippen molar-refractivity contribution in [2.24, 2.45) is 0 Å². The third kappa shape index (κ3) is 4.57. The van der Waals surface area contributed by atoms with Crippen molar-refractivity contribution in [3.63, 3.8) is 0 Å². The van der Waals surface area contributed by atoms with E-state index in [-0.39, 0.29) is 0 Å². The predicted molar refractivity (Wildman–Crippen MR) is 63.3 cm³/mol. The summed E-state index contributed by atoms with van der Waals surface area (Å²) >= 11 is 1.37. The topological polar surface area (TPSA) is 47.0 Å². The second-order valence-electron chi connectivity index (χ2n) is 3.41. The number of aromatic nitrogens is 2. The van der Waals surface area contributed by atoms with Gasteiger partial charge in [0, 0.05) is 25.2 Å². The zero-order valence-electron chi connectivity index (χ0n) is 9.45. The molecule has 0 radical (unpaired) electrons. The van der Waals surface area contributed by atoms with E-state index in [9.17, 15) is 0 Å². The Morgan fingerprint density at radius 1 is 1.33 bits per heavy atom. The molecule has 1 rings (SSSR count). The molecular formula is C10H19N3OS. The van der Waals surface area contributed by atoms with E-state index < -0.39 is 0 Å². The Morgan fingerprint density at radius 2 is 2.20 bits per heavy atom. The molecule has 0 aliphatic carbocycles. The highest BCUT2D eigenvalue weighted by Crippen LogP contribution is 2.17. The highest BCUT2D eigenvalue weighted by Gasteiger charge is 2.05. The molecule has 4 nitrogen and oxygen atoms in total. The summed E-state index contributed by atoms with van der Waals surface area (Å²) in [5, 5.41) is 8.06. The van der Waals surface area contributed by atoms with Gasteiger partial charge in [-0.1, -0.05) is 30.7 Å². The predicted octanol–water partition coefficient (Wildman–Crippen LogP) is 2.68. The van der Waals surface area contributed by atoms with Gasteiger partial charge in [-0.05, 0) is 6.42 Å². The van der Waals surface area contributed by atoms with Crippen molar-refractivity contribution in [3.05, 3.63) is 5.69 Å². The van der Waals surface area contributed by atoms with Crippen molar-refractivity contribution in [1.29, 1.82) is 0 Å². The summed E-state index contributed by atoms with van der Waals surface area (Å²) in [7, 11) is 1.87. The van der Waals surface area contributed by atoms with E-state index in [4.69, 9.17) is 4.74 Å². The fourth-order valence-corrected chi connectivity index (χ4v) is 1.81. The number of hydrogen-bond donors (Lipinski definition) is 1. The summed E-state index contributed by atoms with van der Waals surface area (Å²) in [6, 6.07) is 0. The monoisotopic (exact) mass is 229 g/mol. The molecule has 0 atom stereocenters. The van der Waals surface area contributed by atoms with E-state index in [0.717, 1.165) is 23.7 Å². The average Bonchev–Trinajstić information content (AvgIpc) is 2.70. The molecule has 1 aromatic rings. The van der Waals surface area contributed by atoms with Crippen molar-refractivity contribution in [1.82, 2.24) is 9.59 Å². The summed E-state index contributed by atoms with van der Waals surface area (Å²) < 4.78 is 9.40. The third-order valence-electron chi connectivity index (χ3n) is 2.16. The standard InChI is InChI=1S/C10H19N3OS/c1-3-4-5-6-7-14-8-9-10(11-2)15-13-12-9/h11H,3-8H2,1-2H3. The Kier molecular flexibility index (Phi) is 6.27. The molecule has 0 saturated heterocycles. The molecule has 0 aromatic carbocycles. The highest BCUT2D eigenvalue weighted by molar-refractivity contribution is 7.10. The van der Waals surface area contributed by atoms with Crippen LogP contribution in [0.15, 0.2) is 0 Å². The maximum absolute atomic E-state index is 5.53. The van der Waals surface area contributed by atoms with Gasteiger partial charge in [-0.3, -0.25) is 0 Å². The lowest BCUT2D eigenvalue weighted by Gasteiger charge is -2.02. The lowest BCUT2D eigenvalue weighted by atomic mass is 10.2. The van der Waals surface area contributed by atoms with Crippen LogP contribution in [0, 0.1) is 0 Å². The molecule has 0 spiro atoms. The molecule has 86 valence electrons. The number of ether oxygens (including phenoxy) is 1. The van der Waals surface area contributed by atoms with Crippen molar-refractivity contribution >= 4 is 16.5 Å². The smallest absolute Gasteiger partial charge is 0.135 e. The molecule has 1 aromatic heterocycles. The van der Waals surface area contributed by atoms with Crippen LogP contribution < -0.4 is 5.32 Å². The zero-order chi connectivity index (χ0) is 10.9. The van der Waals surface area contributed by atoms with Crippen molar-refractivity contribution in [2.45, 2.75) is 39.2 Å². The van der Waals surface area contributed by atoms with Crippen LogP contribution in [-0.4, -0.2) is 23.2 Å². The van der Waals surface area contributed by atoms with Crippen LogP contribution in [0.25, 0.3) is 0 Å². The van der Waals surface area contributed by atoms with Gasteiger partial charge in [0.2, 0.25) is 0 Å². The van der Waals surface area contributed by atoms with Crippen LogP contribution in [0.1, 0.15) is 38.3 Å². The number of unbranched alkanes of at least 4 members (excludes halogenated alkanes) is 3. The van der Waals surface area contributed by atoms with Gasteiger partial charge in [0.15, 0.2) is 0 Å². The van der Waals surface area contributed by atoms with E-state index in [0.29, 0.717) is 6.61 Å². The summed E-state index contributed by atoms with van der Waals surface area (Å²) in [4.78, 5) is 0. The Labute approximate surface area is 95.2 Å². The number of nitrogens with one attached hydrogen (secondary N) is 1. The van der Waals surface area contributed by atoms with E-state index in [1.807, 2.05) is 7.05 Å². The summed E-state index contributed by atoms with van der Waals surface area (Å²) in [5.41, 5.74) is 0.915. The minimum absolute atomic E-state index is 0.568. The van der Waals surface area contributed by atoms with E-state index in [2.05, 4.69) is 21.8 Å². The lowest BCUT2D eigenvalue weighted by Crippen LogP contribution is -1.99. The van der Waals surface area contributed by atoms with Crippen LogP contribution in [0.2, 0.25) is 0 Å². The Hall–Kier alpha value is -0.680. The first kappa shape index (κ1) is 12.4. The molecule has 0 amide bonds. The Morgan fingerprint density at radius 3 is 2.93 bits per heavy atom. The number of rotatable bonds is 8. The first-order valence-corrected chi connectivity index (χ1v) is 6.22. The molecular weight excluding hydrogens is 210 g/mol. The van der Waals surface area contributed by atoms with E-state index in [1.165, 1.54) is 30.8 Å². The minimum atomic E-state index is 0.568. The van der Waals surface area contributed by atoms with Crippen molar-refractivity contribution in [3.8, 4) is 0 Å². The number of hydrogen-bond acceptors (Lipinski definition) is 5. The van der Waals surface area contributed by atoms with Gasteiger partial charge in [-0.15, -0.1) is 5.10 Å². The van der Waals surface area contributed by atoms with Crippen LogP contribution in [0.4, 0.5) is 5.00 Å². The summed E-state index contributed by atoms with van der Waals surface area (Å²) in [5.74, 6) is 0. The molecule has 5 heteroatoms. The second kappa shape index (κ2) is 7.59. The maximum Gasteiger partial charge on any atom is 0.135 e. The number of nitrogens with zero attached hydrogens (tertiary/aromatic N) is 2. The molecule has 1 N–H and O–H groups in total. The molecule has 0 aliphatic rings. The van der Waals surface area contributed by atoms with Crippen LogP contribution in [0.5, 0.6) is 0 Å². The normalized spacial score (nSPS) is 10.5. The first-order chi connectivity index (χ1) is 7.38. The highest BCUT2D eigenvalue weighted by atomic mass is 32.1. The van der Waals surface area contributed by atoms with Crippen molar-refractivity contribution in [2.75, 3.05) is 19.0 Å². The minimum Gasteiger partial charge on any atom is -0.377 e. The lowest BCUT2D eigenvalue weighted by molar-refractivity contribution is 0.114. The SMILES string of the molecule is CCCCCCOCc1nnsc1NC. The van der Waals surface area contributed by atoms with Crippen LogP contribution in [-0.2, 0) is 11.3 Å². The Bertz CT molecular complexity index is 265. The molecule has 1 heterocycles. The molecule has 15 heavy (non-hydrogen) atoms. The van der Waals surface area contributed by atoms with Crippen molar-refractivity contribution < 1.29 is 4.74 Å². The largest absolute Gasteiger partial charge is 0.377 e. The van der Waals surface area contributed by atoms with Gasteiger partial charge < -0.3 is 10.1 Å². The van der Waals surface area contributed by atoms with Crippen LogP contribution in [0.3, 0.4) is 0 Å². The quantitative estimate of drug-likeness (QED) is 0.696. The average molecular weight is 229 g/mol. The molecule has 0 saturated carbocycles. The van der Waals surface area contributed by atoms with Gasteiger partial charge in [-0.25, -0.2) is 0 Å². The molecule has 0 fully saturated rings. The number of anilines is 1. The molecule has 0 unspecified atom stereocenters.